The minimum atomic E-state index is 0.165. The molecule has 0 atom stereocenters. The molecule has 0 fully saturated rings. The molecule has 0 N–H and O–H groups in total. The normalized spacial score (nSPS) is 14.6. The Morgan fingerprint density at radius 1 is 0.320 bits per heavy atom. The zero-order valence-electron chi connectivity index (χ0n) is 29.2. The molecule has 1 aliphatic rings. The maximum Gasteiger partial charge on any atom is 0.164 e. The van der Waals surface area contributed by atoms with E-state index in [1.54, 1.807) is 0 Å². The maximum atomic E-state index is 5.05. The summed E-state index contributed by atoms with van der Waals surface area (Å²) >= 11 is 0. The van der Waals surface area contributed by atoms with E-state index in [1.165, 1.54) is 40.7 Å². The third kappa shape index (κ3) is 6.16. The van der Waals surface area contributed by atoms with Gasteiger partial charge in [0.1, 0.15) is 0 Å². The molecule has 3 heteroatoms. The first-order chi connectivity index (χ1) is 24.2. The van der Waals surface area contributed by atoms with Crippen molar-refractivity contribution in [1.82, 2.24) is 15.0 Å². The average molecular weight is 648 g/mol. The number of nitrogens with zero attached hydrogens (tertiary/aromatic N) is 3. The van der Waals surface area contributed by atoms with Crippen LogP contribution in [0, 0.1) is 0 Å². The second-order valence-electron chi connectivity index (χ2n) is 14.8. The van der Waals surface area contributed by atoms with Crippen molar-refractivity contribution in [2.75, 3.05) is 0 Å². The summed E-state index contributed by atoms with van der Waals surface area (Å²) in [5.74, 6) is 1.96. The molecule has 0 aliphatic heterocycles. The van der Waals surface area contributed by atoms with Crippen molar-refractivity contribution in [3.05, 3.63) is 163 Å². The van der Waals surface area contributed by atoms with E-state index in [0.717, 1.165) is 33.4 Å². The molecule has 3 nitrogen and oxygen atoms in total. The van der Waals surface area contributed by atoms with Gasteiger partial charge < -0.3 is 0 Å². The van der Waals surface area contributed by atoms with Crippen LogP contribution in [0.4, 0.5) is 0 Å². The van der Waals surface area contributed by atoms with Crippen LogP contribution in [0.15, 0.2) is 152 Å². The van der Waals surface area contributed by atoms with Crippen LogP contribution in [0.2, 0.25) is 0 Å². The minimum Gasteiger partial charge on any atom is -0.208 e. The predicted molar refractivity (Wildman–Crippen MR) is 208 cm³/mol. The van der Waals surface area contributed by atoms with Gasteiger partial charge in [0.25, 0.3) is 0 Å². The van der Waals surface area contributed by atoms with E-state index in [4.69, 9.17) is 15.0 Å². The van der Waals surface area contributed by atoms with E-state index in [1.807, 2.05) is 36.4 Å². The Labute approximate surface area is 295 Å². The van der Waals surface area contributed by atoms with Crippen LogP contribution in [-0.2, 0) is 10.8 Å². The highest BCUT2D eigenvalue weighted by Crippen LogP contribution is 2.47. The van der Waals surface area contributed by atoms with Crippen LogP contribution < -0.4 is 0 Å². The third-order valence-electron chi connectivity index (χ3n) is 10.4. The molecule has 6 aromatic carbocycles. The Bertz CT molecular complexity index is 2300. The maximum absolute atomic E-state index is 5.05. The van der Waals surface area contributed by atoms with Crippen molar-refractivity contribution in [3.63, 3.8) is 0 Å². The lowest BCUT2D eigenvalue weighted by molar-refractivity contribution is 0.332. The van der Waals surface area contributed by atoms with Gasteiger partial charge in [0, 0.05) is 16.7 Å². The van der Waals surface area contributed by atoms with Crippen LogP contribution in [-0.4, -0.2) is 15.0 Å². The standard InChI is InChI=1S/C47H41N3/c1-46(2)27-28-47(3,4)42-31-39(25-26-41(42)46)37-18-11-17-36(29-37)38-19-12-20-40(30-38)45-49-43(34-15-9-6-10-16-34)48-44(50-45)35-23-21-33(22-24-35)32-13-7-5-8-14-32/h5-26,29-31H,27-28H2,1-4H3. The molecule has 0 saturated heterocycles. The summed E-state index contributed by atoms with van der Waals surface area (Å²) in [5, 5.41) is 0. The molecule has 0 saturated carbocycles. The molecule has 0 radical (unpaired) electrons. The van der Waals surface area contributed by atoms with Crippen LogP contribution in [0.25, 0.3) is 67.5 Å². The number of benzene rings is 6. The highest BCUT2D eigenvalue weighted by atomic mass is 15.0. The highest BCUT2D eigenvalue weighted by Gasteiger charge is 2.37. The predicted octanol–water partition coefficient (Wildman–Crippen LogP) is 12.2. The van der Waals surface area contributed by atoms with E-state index in [0.29, 0.717) is 17.5 Å². The molecule has 1 aliphatic carbocycles. The molecule has 0 bridgehead atoms. The van der Waals surface area contributed by atoms with Gasteiger partial charge in [-0.3, -0.25) is 0 Å². The second-order valence-corrected chi connectivity index (χ2v) is 14.8. The Morgan fingerprint density at radius 3 is 1.26 bits per heavy atom. The van der Waals surface area contributed by atoms with Crippen molar-refractivity contribution >= 4 is 0 Å². The number of aromatic nitrogens is 3. The van der Waals surface area contributed by atoms with Gasteiger partial charge in [-0.15, -0.1) is 0 Å². The minimum absolute atomic E-state index is 0.165. The van der Waals surface area contributed by atoms with Crippen molar-refractivity contribution in [1.29, 1.82) is 0 Å². The van der Waals surface area contributed by atoms with E-state index in [9.17, 15) is 0 Å². The third-order valence-corrected chi connectivity index (χ3v) is 10.4. The monoisotopic (exact) mass is 647 g/mol. The van der Waals surface area contributed by atoms with E-state index in [2.05, 4.69) is 143 Å². The Balaban J connectivity index is 1.17. The van der Waals surface area contributed by atoms with Gasteiger partial charge in [0.2, 0.25) is 0 Å². The number of hydrogen-bond donors (Lipinski definition) is 0. The van der Waals surface area contributed by atoms with Crippen LogP contribution in [0.5, 0.6) is 0 Å². The van der Waals surface area contributed by atoms with Crippen LogP contribution in [0.1, 0.15) is 51.7 Å². The van der Waals surface area contributed by atoms with Gasteiger partial charge in [-0.25, -0.2) is 15.0 Å². The number of rotatable bonds is 6. The summed E-state index contributed by atoms with van der Waals surface area (Å²) < 4.78 is 0. The Kier molecular flexibility index (Phi) is 7.99. The van der Waals surface area contributed by atoms with Crippen molar-refractivity contribution in [2.24, 2.45) is 0 Å². The summed E-state index contributed by atoms with van der Waals surface area (Å²) in [7, 11) is 0. The fraction of sp³-hybridized carbons (Fsp3) is 0.170. The molecular weight excluding hydrogens is 607 g/mol. The van der Waals surface area contributed by atoms with E-state index >= 15 is 0 Å². The number of hydrogen-bond acceptors (Lipinski definition) is 3. The molecule has 1 aromatic heterocycles. The van der Waals surface area contributed by atoms with Crippen LogP contribution in [0.3, 0.4) is 0 Å². The van der Waals surface area contributed by atoms with Gasteiger partial charge >= 0.3 is 0 Å². The Hall–Kier alpha value is -5.67. The first kappa shape index (κ1) is 31.6. The second kappa shape index (κ2) is 12.7. The van der Waals surface area contributed by atoms with Gasteiger partial charge in [0.15, 0.2) is 17.5 Å². The van der Waals surface area contributed by atoms with E-state index in [-0.39, 0.29) is 10.8 Å². The first-order valence-electron chi connectivity index (χ1n) is 17.6. The summed E-state index contributed by atoms with van der Waals surface area (Å²) in [6, 6.07) is 53.6. The number of fused-ring (bicyclic) bond motifs is 1. The average Bonchev–Trinajstić information content (AvgIpc) is 3.17. The SMILES string of the molecule is CC1(C)CCC(C)(C)c2cc(-c3cccc(-c4cccc(-c5nc(-c6ccccc6)nc(-c6ccc(-c7ccccc7)cc6)n5)c4)c3)ccc21. The van der Waals surface area contributed by atoms with Crippen LogP contribution >= 0.6 is 0 Å². The van der Waals surface area contributed by atoms with Gasteiger partial charge in [-0.05, 0) is 80.3 Å². The molecular formula is C47H41N3. The summed E-state index contributed by atoms with van der Waals surface area (Å²) in [6.45, 7) is 9.55. The molecule has 244 valence electrons. The lowest BCUT2D eigenvalue weighted by Crippen LogP contribution is -2.33. The molecule has 0 amide bonds. The largest absolute Gasteiger partial charge is 0.208 e. The highest BCUT2D eigenvalue weighted by molar-refractivity contribution is 5.77. The zero-order chi connectivity index (χ0) is 34.3. The molecule has 1 heterocycles. The first-order valence-corrected chi connectivity index (χ1v) is 17.6. The summed E-state index contributed by atoms with van der Waals surface area (Å²) in [5.41, 5.74) is 13.3. The molecule has 50 heavy (non-hydrogen) atoms. The van der Waals surface area contributed by atoms with Crippen molar-refractivity contribution < 1.29 is 0 Å². The summed E-state index contributed by atoms with van der Waals surface area (Å²) in [6.07, 6.45) is 2.42. The molecule has 8 rings (SSSR count). The van der Waals surface area contributed by atoms with Gasteiger partial charge in [-0.2, -0.15) is 0 Å². The quantitative estimate of drug-likeness (QED) is 0.180. The molecule has 7 aromatic rings. The van der Waals surface area contributed by atoms with Gasteiger partial charge in [-0.1, -0.05) is 167 Å². The smallest absolute Gasteiger partial charge is 0.164 e. The fourth-order valence-corrected chi connectivity index (χ4v) is 7.28. The topological polar surface area (TPSA) is 38.7 Å². The lowest BCUT2D eigenvalue weighted by Gasteiger charge is -2.42. The van der Waals surface area contributed by atoms with Crippen molar-refractivity contribution in [2.45, 2.75) is 51.4 Å². The van der Waals surface area contributed by atoms with E-state index < -0.39 is 0 Å². The summed E-state index contributed by atoms with van der Waals surface area (Å²) in [4.78, 5) is 15.0. The lowest BCUT2D eigenvalue weighted by atomic mass is 9.63. The van der Waals surface area contributed by atoms with Gasteiger partial charge in [0.05, 0.1) is 0 Å². The molecule has 0 unspecified atom stereocenters. The molecule has 0 spiro atoms. The van der Waals surface area contributed by atoms with Crippen molar-refractivity contribution in [3.8, 4) is 67.5 Å². The fourth-order valence-electron chi connectivity index (χ4n) is 7.28. The zero-order valence-corrected chi connectivity index (χ0v) is 29.2. The Morgan fingerprint density at radius 2 is 0.680 bits per heavy atom.